The maximum absolute atomic E-state index is 13.7. The monoisotopic (exact) mass is 308 g/mol. The zero-order valence-electron chi connectivity index (χ0n) is 12.7. The molecule has 118 valence electrons. The zero-order chi connectivity index (χ0) is 16.3. The Morgan fingerprint density at radius 3 is 2.73 bits per heavy atom. The highest BCUT2D eigenvalue weighted by molar-refractivity contribution is 5.82. The van der Waals surface area contributed by atoms with E-state index in [9.17, 15) is 13.6 Å². The summed E-state index contributed by atoms with van der Waals surface area (Å²) >= 11 is 0. The second kappa shape index (κ2) is 6.65. The molecule has 2 rings (SSSR count). The standard InChI is InChI=1S/C15H18F2N4O/c1-18-14(11-7-19-21(3)9-11)15(22)20(2)8-10-4-5-12(16)6-13(10)17/h4-7,9,14,18H,8H2,1-3H3. The second-order valence-electron chi connectivity index (χ2n) is 5.10. The van der Waals surface area contributed by atoms with Gasteiger partial charge in [-0.05, 0) is 13.1 Å². The van der Waals surface area contributed by atoms with Crippen molar-refractivity contribution < 1.29 is 13.6 Å². The molecule has 1 amide bonds. The van der Waals surface area contributed by atoms with Gasteiger partial charge in [-0.25, -0.2) is 8.78 Å². The third kappa shape index (κ3) is 3.48. The Labute approximate surface area is 127 Å². The smallest absolute Gasteiger partial charge is 0.244 e. The number of likely N-dealkylation sites (N-methyl/N-ethyl adjacent to an activating group) is 2. The van der Waals surface area contributed by atoms with Gasteiger partial charge in [0.15, 0.2) is 0 Å². The number of hydrogen-bond donors (Lipinski definition) is 1. The van der Waals surface area contributed by atoms with Crippen molar-refractivity contribution in [2.24, 2.45) is 7.05 Å². The normalized spacial score (nSPS) is 12.2. The number of carbonyl (C=O) groups excluding carboxylic acids is 1. The molecule has 0 radical (unpaired) electrons. The van der Waals surface area contributed by atoms with E-state index in [1.165, 1.54) is 17.0 Å². The molecule has 7 heteroatoms. The fourth-order valence-corrected chi connectivity index (χ4v) is 2.23. The summed E-state index contributed by atoms with van der Waals surface area (Å²) < 4.78 is 28.2. The Morgan fingerprint density at radius 2 is 2.18 bits per heavy atom. The molecule has 5 nitrogen and oxygen atoms in total. The Kier molecular flexibility index (Phi) is 4.87. The number of aryl methyl sites for hydroxylation is 1. The molecule has 22 heavy (non-hydrogen) atoms. The van der Waals surface area contributed by atoms with Crippen LogP contribution in [0.5, 0.6) is 0 Å². The molecule has 0 saturated heterocycles. The summed E-state index contributed by atoms with van der Waals surface area (Å²) in [7, 11) is 5.01. The number of hydrogen-bond acceptors (Lipinski definition) is 3. The summed E-state index contributed by atoms with van der Waals surface area (Å²) in [5.41, 5.74) is 0.986. The zero-order valence-corrected chi connectivity index (χ0v) is 12.7. The Morgan fingerprint density at radius 1 is 1.45 bits per heavy atom. The van der Waals surface area contributed by atoms with E-state index in [1.54, 1.807) is 38.2 Å². The summed E-state index contributed by atoms with van der Waals surface area (Å²) in [6.45, 7) is 0.0589. The number of rotatable bonds is 5. The molecule has 1 heterocycles. The van der Waals surface area contributed by atoms with Crippen molar-refractivity contribution >= 4 is 5.91 Å². The lowest BCUT2D eigenvalue weighted by atomic mass is 10.1. The third-order valence-electron chi connectivity index (χ3n) is 3.39. The highest BCUT2D eigenvalue weighted by atomic mass is 19.1. The molecule has 0 spiro atoms. The van der Waals surface area contributed by atoms with E-state index in [2.05, 4.69) is 10.4 Å². The molecule has 1 unspecified atom stereocenters. The van der Waals surface area contributed by atoms with Crippen LogP contribution in [0.25, 0.3) is 0 Å². The van der Waals surface area contributed by atoms with Crippen LogP contribution in [-0.2, 0) is 18.4 Å². The number of nitrogens with one attached hydrogen (secondary N) is 1. The summed E-state index contributed by atoms with van der Waals surface area (Å²) in [5.74, 6) is -1.53. The predicted molar refractivity (Wildman–Crippen MR) is 77.8 cm³/mol. The van der Waals surface area contributed by atoms with Gasteiger partial charge in [-0.15, -0.1) is 0 Å². The topological polar surface area (TPSA) is 50.2 Å². The molecule has 2 aromatic rings. The molecule has 0 aliphatic heterocycles. The van der Waals surface area contributed by atoms with Gasteiger partial charge in [0.1, 0.15) is 17.7 Å². The van der Waals surface area contributed by atoms with Crippen LogP contribution < -0.4 is 5.32 Å². The van der Waals surface area contributed by atoms with E-state index >= 15 is 0 Å². The van der Waals surface area contributed by atoms with Crippen LogP contribution in [-0.4, -0.2) is 34.7 Å². The largest absolute Gasteiger partial charge is 0.340 e. The minimum absolute atomic E-state index is 0.0589. The summed E-state index contributed by atoms with van der Waals surface area (Å²) in [5, 5.41) is 6.96. The van der Waals surface area contributed by atoms with Crippen molar-refractivity contribution in [3.05, 3.63) is 53.4 Å². The van der Waals surface area contributed by atoms with Gasteiger partial charge in [-0.3, -0.25) is 9.48 Å². The van der Waals surface area contributed by atoms with Crippen LogP contribution in [0.4, 0.5) is 8.78 Å². The summed E-state index contributed by atoms with van der Waals surface area (Å²) in [4.78, 5) is 13.9. The highest BCUT2D eigenvalue weighted by Crippen LogP contribution is 2.17. The molecule has 1 atom stereocenters. The van der Waals surface area contributed by atoms with Gasteiger partial charge in [0.05, 0.1) is 6.20 Å². The molecule has 0 bridgehead atoms. The van der Waals surface area contributed by atoms with Crippen LogP contribution in [0.15, 0.2) is 30.6 Å². The van der Waals surface area contributed by atoms with Crippen LogP contribution in [0.3, 0.4) is 0 Å². The molecule has 0 aliphatic carbocycles. The van der Waals surface area contributed by atoms with E-state index < -0.39 is 17.7 Å². The van der Waals surface area contributed by atoms with Crippen LogP contribution in [0, 0.1) is 11.6 Å². The van der Waals surface area contributed by atoms with Gasteiger partial charge in [0, 0.05) is 44.0 Å². The highest BCUT2D eigenvalue weighted by Gasteiger charge is 2.24. The quantitative estimate of drug-likeness (QED) is 0.913. The van der Waals surface area contributed by atoms with Gasteiger partial charge >= 0.3 is 0 Å². The lowest BCUT2D eigenvalue weighted by Gasteiger charge is -2.23. The van der Waals surface area contributed by atoms with Crippen molar-refractivity contribution in [1.82, 2.24) is 20.0 Å². The van der Waals surface area contributed by atoms with Gasteiger partial charge in [0.25, 0.3) is 0 Å². The average Bonchev–Trinajstić information content (AvgIpc) is 2.89. The number of benzene rings is 1. The van der Waals surface area contributed by atoms with Gasteiger partial charge in [0.2, 0.25) is 5.91 Å². The van der Waals surface area contributed by atoms with Crippen LogP contribution in [0.1, 0.15) is 17.2 Å². The summed E-state index contributed by atoms with van der Waals surface area (Å²) in [6.07, 6.45) is 3.34. The molecule has 0 aliphatic rings. The van der Waals surface area contributed by atoms with Crippen LogP contribution >= 0.6 is 0 Å². The first-order chi connectivity index (χ1) is 10.4. The minimum atomic E-state index is -0.665. The van der Waals surface area contributed by atoms with Crippen molar-refractivity contribution in [2.75, 3.05) is 14.1 Å². The molecule has 1 aromatic carbocycles. The lowest BCUT2D eigenvalue weighted by Crippen LogP contribution is -2.37. The molecule has 1 aromatic heterocycles. The maximum Gasteiger partial charge on any atom is 0.244 e. The minimum Gasteiger partial charge on any atom is -0.340 e. The second-order valence-corrected chi connectivity index (χ2v) is 5.10. The van der Waals surface area contributed by atoms with Crippen molar-refractivity contribution in [2.45, 2.75) is 12.6 Å². The van der Waals surface area contributed by atoms with Gasteiger partial charge < -0.3 is 10.2 Å². The Hall–Kier alpha value is -2.28. The third-order valence-corrected chi connectivity index (χ3v) is 3.39. The summed E-state index contributed by atoms with van der Waals surface area (Å²) in [6, 6.07) is 2.76. The molecular formula is C15H18F2N4O. The van der Waals surface area contributed by atoms with Crippen molar-refractivity contribution in [3.8, 4) is 0 Å². The van der Waals surface area contributed by atoms with E-state index in [0.29, 0.717) is 0 Å². The molecule has 1 N–H and O–H groups in total. The fraction of sp³-hybridized carbons (Fsp3) is 0.333. The van der Waals surface area contributed by atoms with E-state index in [1.807, 2.05) is 0 Å². The van der Waals surface area contributed by atoms with Crippen molar-refractivity contribution in [3.63, 3.8) is 0 Å². The van der Waals surface area contributed by atoms with E-state index in [4.69, 9.17) is 0 Å². The average molecular weight is 308 g/mol. The van der Waals surface area contributed by atoms with E-state index in [-0.39, 0.29) is 18.0 Å². The first-order valence-electron chi connectivity index (χ1n) is 6.77. The van der Waals surface area contributed by atoms with Gasteiger partial charge in [-0.2, -0.15) is 5.10 Å². The lowest BCUT2D eigenvalue weighted by molar-refractivity contribution is -0.132. The molecule has 0 saturated carbocycles. The number of carbonyl (C=O) groups is 1. The Balaban J connectivity index is 2.13. The number of nitrogens with zero attached hydrogens (tertiary/aromatic N) is 3. The Bertz CT molecular complexity index is 671. The molecular weight excluding hydrogens is 290 g/mol. The molecule has 0 fully saturated rings. The predicted octanol–water partition coefficient (Wildman–Crippen LogP) is 1.62. The fourth-order valence-electron chi connectivity index (χ4n) is 2.23. The number of amides is 1. The maximum atomic E-state index is 13.7. The van der Waals surface area contributed by atoms with E-state index in [0.717, 1.165) is 11.6 Å². The first kappa shape index (κ1) is 16.1. The first-order valence-corrected chi connectivity index (χ1v) is 6.77. The van der Waals surface area contributed by atoms with Crippen molar-refractivity contribution in [1.29, 1.82) is 0 Å². The van der Waals surface area contributed by atoms with Crippen LogP contribution in [0.2, 0.25) is 0 Å². The van der Waals surface area contributed by atoms with Gasteiger partial charge in [-0.1, -0.05) is 6.07 Å². The SMILES string of the molecule is CNC(C(=O)N(C)Cc1ccc(F)cc1F)c1cnn(C)c1. The number of aromatic nitrogens is 2. The number of halogens is 2.